The van der Waals surface area contributed by atoms with Crippen LogP contribution in [0.5, 0.6) is 0 Å². The first-order valence-electron chi connectivity index (χ1n) is 5.04. The second-order valence-corrected chi connectivity index (χ2v) is 5.29. The minimum Gasteiger partial charge on any atom is -0.337 e. The number of benzene rings is 1. The SMILES string of the molecule is CN(Cc1ccc(Cl)c(Cl)c1)C(=O)c1cnns1. The molecule has 0 bridgehead atoms. The molecule has 0 N–H and O–H groups in total. The van der Waals surface area contributed by atoms with Crippen LogP contribution in [-0.2, 0) is 6.54 Å². The smallest absolute Gasteiger partial charge is 0.267 e. The topological polar surface area (TPSA) is 46.1 Å². The van der Waals surface area contributed by atoms with Gasteiger partial charge in [0.2, 0.25) is 0 Å². The van der Waals surface area contributed by atoms with Gasteiger partial charge in [0.25, 0.3) is 5.91 Å². The molecule has 1 aromatic carbocycles. The summed E-state index contributed by atoms with van der Waals surface area (Å²) in [6.45, 7) is 0.452. The number of rotatable bonds is 3. The number of carbonyl (C=O) groups is 1. The molecule has 1 amide bonds. The molecule has 0 fully saturated rings. The van der Waals surface area contributed by atoms with Crippen LogP contribution < -0.4 is 0 Å². The second kappa shape index (κ2) is 5.65. The van der Waals surface area contributed by atoms with Crippen molar-refractivity contribution in [3.05, 3.63) is 44.9 Å². The zero-order chi connectivity index (χ0) is 13.1. The number of amides is 1. The molecule has 18 heavy (non-hydrogen) atoms. The van der Waals surface area contributed by atoms with Crippen LogP contribution in [0.15, 0.2) is 24.4 Å². The maximum atomic E-state index is 12.0. The van der Waals surface area contributed by atoms with Crippen LogP contribution in [0.3, 0.4) is 0 Å². The van der Waals surface area contributed by atoms with Gasteiger partial charge in [0.15, 0.2) is 0 Å². The third kappa shape index (κ3) is 2.98. The lowest BCUT2D eigenvalue weighted by molar-refractivity contribution is 0.0789. The highest BCUT2D eigenvalue weighted by Crippen LogP contribution is 2.23. The Hall–Kier alpha value is -1.17. The molecule has 0 aliphatic carbocycles. The largest absolute Gasteiger partial charge is 0.337 e. The Morgan fingerprint density at radius 1 is 1.39 bits per heavy atom. The summed E-state index contributed by atoms with van der Waals surface area (Å²) >= 11 is 12.8. The molecule has 0 aliphatic rings. The van der Waals surface area contributed by atoms with Crippen molar-refractivity contribution in [3.8, 4) is 0 Å². The zero-order valence-corrected chi connectivity index (χ0v) is 11.8. The van der Waals surface area contributed by atoms with Crippen molar-refractivity contribution >= 4 is 40.6 Å². The van der Waals surface area contributed by atoms with Gasteiger partial charge in [-0.2, -0.15) is 0 Å². The third-order valence-electron chi connectivity index (χ3n) is 2.32. The minimum absolute atomic E-state index is 0.115. The van der Waals surface area contributed by atoms with Crippen LogP contribution in [0.1, 0.15) is 15.2 Å². The van der Waals surface area contributed by atoms with E-state index in [1.165, 1.54) is 6.20 Å². The molecule has 1 aromatic heterocycles. The lowest BCUT2D eigenvalue weighted by Gasteiger charge is -2.16. The van der Waals surface area contributed by atoms with Crippen molar-refractivity contribution in [1.82, 2.24) is 14.5 Å². The maximum absolute atomic E-state index is 12.0. The Bertz CT molecular complexity index is 559. The predicted octanol–water partition coefficient (Wildman–Crippen LogP) is 3.12. The summed E-state index contributed by atoms with van der Waals surface area (Å²) in [4.78, 5) is 14.0. The fourth-order valence-electron chi connectivity index (χ4n) is 1.43. The Labute approximate surface area is 118 Å². The fourth-order valence-corrected chi connectivity index (χ4v) is 2.26. The normalized spacial score (nSPS) is 10.4. The van der Waals surface area contributed by atoms with Crippen molar-refractivity contribution in [1.29, 1.82) is 0 Å². The lowest BCUT2D eigenvalue weighted by Crippen LogP contribution is -2.25. The van der Waals surface area contributed by atoms with Gasteiger partial charge in [-0.15, -0.1) is 5.10 Å². The van der Waals surface area contributed by atoms with Gasteiger partial charge >= 0.3 is 0 Å². The monoisotopic (exact) mass is 301 g/mol. The number of halogens is 2. The van der Waals surface area contributed by atoms with Gasteiger partial charge in [-0.25, -0.2) is 0 Å². The summed E-state index contributed by atoms with van der Waals surface area (Å²) in [6.07, 6.45) is 1.46. The van der Waals surface area contributed by atoms with E-state index in [4.69, 9.17) is 23.2 Å². The molecule has 0 spiro atoms. The molecule has 94 valence electrons. The van der Waals surface area contributed by atoms with E-state index in [1.807, 2.05) is 6.07 Å². The molecule has 2 rings (SSSR count). The Balaban J connectivity index is 2.09. The number of hydrogen-bond acceptors (Lipinski definition) is 4. The molecule has 0 saturated heterocycles. The van der Waals surface area contributed by atoms with Gasteiger partial charge in [0.1, 0.15) is 4.88 Å². The summed E-state index contributed by atoms with van der Waals surface area (Å²) in [5.74, 6) is -0.115. The number of hydrogen-bond donors (Lipinski definition) is 0. The summed E-state index contributed by atoms with van der Waals surface area (Å²) < 4.78 is 3.66. The van der Waals surface area contributed by atoms with E-state index in [2.05, 4.69) is 9.59 Å². The summed E-state index contributed by atoms with van der Waals surface area (Å²) in [6, 6.07) is 5.30. The average molecular weight is 302 g/mol. The van der Waals surface area contributed by atoms with E-state index in [9.17, 15) is 4.79 Å². The highest BCUT2D eigenvalue weighted by atomic mass is 35.5. The van der Waals surface area contributed by atoms with Gasteiger partial charge in [-0.1, -0.05) is 33.8 Å². The Morgan fingerprint density at radius 3 is 2.78 bits per heavy atom. The summed E-state index contributed by atoms with van der Waals surface area (Å²) in [5, 5.41) is 4.62. The molecular formula is C11H9Cl2N3OS. The predicted molar refractivity (Wildman–Crippen MR) is 72.2 cm³/mol. The molecule has 4 nitrogen and oxygen atoms in total. The third-order valence-corrected chi connectivity index (χ3v) is 3.71. The van der Waals surface area contributed by atoms with E-state index in [-0.39, 0.29) is 5.91 Å². The van der Waals surface area contributed by atoms with E-state index in [0.717, 1.165) is 17.1 Å². The molecule has 2 aromatic rings. The quantitative estimate of drug-likeness (QED) is 0.875. The molecule has 1 heterocycles. The van der Waals surface area contributed by atoms with Gasteiger partial charge in [-0.05, 0) is 29.2 Å². The van der Waals surface area contributed by atoms with Gasteiger partial charge in [0.05, 0.1) is 16.2 Å². The zero-order valence-electron chi connectivity index (χ0n) is 9.43. The molecule has 0 atom stereocenters. The first kappa shape index (κ1) is 13.3. The van der Waals surface area contributed by atoms with Gasteiger partial charge in [0, 0.05) is 13.6 Å². The van der Waals surface area contributed by atoms with Crippen LogP contribution in [0, 0.1) is 0 Å². The fraction of sp³-hybridized carbons (Fsp3) is 0.182. The second-order valence-electron chi connectivity index (χ2n) is 3.69. The highest BCUT2D eigenvalue weighted by molar-refractivity contribution is 7.07. The Morgan fingerprint density at radius 2 is 2.17 bits per heavy atom. The maximum Gasteiger partial charge on any atom is 0.267 e. The van der Waals surface area contributed by atoms with E-state index in [0.29, 0.717) is 21.5 Å². The molecule has 7 heteroatoms. The van der Waals surface area contributed by atoms with Crippen LogP contribution in [-0.4, -0.2) is 27.4 Å². The highest BCUT2D eigenvalue weighted by Gasteiger charge is 2.14. The first-order chi connectivity index (χ1) is 8.58. The Kier molecular flexibility index (Phi) is 4.16. The lowest BCUT2D eigenvalue weighted by atomic mass is 10.2. The molecule has 0 radical (unpaired) electrons. The van der Waals surface area contributed by atoms with E-state index in [1.54, 1.807) is 24.1 Å². The summed E-state index contributed by atoms with van der Waals surface area (Å²) in [5.41, 5.74) is 0.915. The van der Waals surface area contributed by atoms with Crippen LogP contribution >= 0.6 is 34.7 Å². The number of nitrogens with zero attached hydrogens (tertiary/aromatic N) is 3. The van der Waals surface area contributed by atoms with Gasteiger partial charge < -0.3 is 4.90 Å². The van der Waals surface area contributed by atoms with Crippen LogP contribution in [0.25, 0.3) is 0 Å². The number of carbonyl (C=O) groups excluding carboxylic acids is 1. The van der Waals surface area contributed by atoms with Crippen molar-refractivity contribution in [2.75, 3.05) is 7.05 Å². The first-order valence-corrected chi connectivity index (χ1v) is 6.57. The van der Waals surface area contributed by atoms with E-state index < -0.39 is 0 Å². The molecular weight excluding hydrogens is 293 g/mol. The van der Waals surface area contributed by atoms with Crippen molar-refractivity contribution in [2.24, 2.45) is 0 Å². The number of aromatic nitrogens is 2. The van der Waals surface area contributed by atoms with Crippen LogP contribution in [0.4, 0.5) is 0 Å². The standard InChI is InChI=1S/C11H9Cl2N3OS/c1-16(11(17)10-5-14-15-18-10)6-7-2-3-8(12)9(13)4-7/h2-5H,6H2,1H3. The average Bonchev–Trinajstić information content (AvgIpc) is 2.86. The minimum atomic E-state index is -0.115. The summed E-state index contributed by atoms with van der Waals surface area (Å²) in [7, 11) is 1.71. The molecule has 0 unspecified atom stereocenters. The van der Waals surface area contributed by atoms with E-state index >= 15 is 0 Å². The van der Waals surface area contributed by atoms with Crippen molar-refractivity contribution in [3.63, 3.8) is 0 Å². The van der Waals surface area contributed by atoms with Crippen LogP contribution in [0.2, 0.25) is 10.0 Å². The molecule has 0 aliphatic heterocycles. The van der Waals surface area contributed by atoms with Crippen molar-refractivity contribution < 1.29 is 4.79 Å². The van der Waals surface area contributed by atoms with Gasteiger partial charge in [-0.3, -0.25) is 4.79 Å². The van der Waals surface area contributed by atoms with Crippen molar-refractivity contribution in [2.45, 2.75) is 6.54 Å². The molecule has 0 saturated carbocycles.